The molecule has 0 fully saturated rings. The van der Waals surface area contributed by atoms with Crippen LogP contribution in [-0.4, -0.2) is 9.78 Å². The van der Waals surface area contributed by atoms with Gasteiger partial charge < -0.3 is 4.74 Å². The third-order valence-corrected chi connectivity index (χ3v) is 3.28. The molecule has 104 valence electrons. The first-order valence-corrected chi connectivity index (χ1v) is 6.66. The van der Waals surface area contributed by atoms with Gasteiger partial charge >= 0.3 is 0 Å². The van der Waals surface area contributed by atoms with E-state index in [0.29, 0.717) is 23.1 Å². The van der Waals surface area contributed by atoms with Crippen molar-refractivity contribution in [3.8, 4) is 17.7 Å². The molecule has 0 aliphatic heterocycles. The van der Waals surface area contributed by atoms with E-state index in [2.05, 4.69) is 37.1 Å². The molecular weight excluding hydrogens is 250 g/mol. The Morgan fingerprint density at radius 1 is 1.30 bits per heavy atom. The highest BCUT2D eigenvalue weighted by molar-refractivity contribution is 5.47. The maximum atomic E-state index is 9.24. The van der Waals surface area contributed by atoms with Gasteiger partial charge in [-0.1, -0.05) is 26.0 Å². The molecule has 0 spiro atoms. The van der Waals surface area contributed by atoms with Crippen LogP contribution in [0.1, 0.15) is 42.1 Å². The number of nitrogens with zero attached hydrogens (tertiary/aromatic N) is 3. The van der Waals surface area contributed by atoms with Gasteiger partial charge in [0, 0.05) is 7.05 Å². The zero-order valence-electron chi connectivity index (χ0n) is 12.6. The molecule has 4 nitrogen and oxygen atoms in total. The average molecular weight is 269 g/mol. The van der Waals surface area contributed by atoms with Crippen LogP contribution >= 0.6 is 0 Å². The van der Waals surface area contributed by atoms with Crippen LogP contribution in [0.2, 0.25) is 0 Å². The second-order valence-corrected chi connectivity index (χ2v) is 5.30. The summed E-state index contributed by atoms with van der Waals surface area (Å²) in [4.78, 5) is 0. The maximum Gasteiger partial charge on any atom is 0.235 e. The van der Waals surface area contributed by atoms with Gasteiger partial charge in [-0.05, 0) is 37.0 Å². The van der Waals surface area contributed by atoms with Gasteiger partial charge in [0.25, 0.3) is 0 Å². The van der Waals surface area contributed by atoms with E-state index in [9.17, 15) is 5.26 Å². The Labute approximate surface area is 119 Å². The molecule has 0 amide bonds. The number of aromatic nitrogens is 2. The minimum atomic E-state index is 0.352. The average Bonchev–Trinajstić information content (AvgIpc) is 2.63. The smallest absolute Gasteiger partial charge is 0.235 e. The normalized spacial score (nSPS) is 10.7. The molecule has 4 heteroatoms. The Balaban J connectivity index is 2.50. The number of ether oxygens (including phenoxy) is 1. The van der Waals surface area contributed by atoms with Crippen LogP contribution in [0.15, 0.2) is 18.2 Å². The molecule has 2 aromatic rings. The fourth-order valence-corrected chi connectivity index (χ4v) is 2.19. The van der Waals surface area contributed by atoms with Crippen molar-refractivity contribution >= 4 is 0 Å². The molecule has 0 N–H and O–H groups in total. The topological polar surface area (TPSA) is 50.8 Å². The Hall–Kier alpha value is -2.28. The molecule has 1 aromatic heterocycles. The van der Waals surface area contributed by atoms with E-state index in [1.165, 1.54) is 0 Å². The molecule has 0 aliphatic carbocycles. The third kappa shape index (κ3) is 2.53. The highest BCUT2D eigenvalue weighted by Crippen LogP contribution is 2.33. The van der Waals surface area contributed by atoms with Gasteiger partial charge in [-0.15, -0.1) is 0 Å². The number of benzene rings is 1. The van der Waals surface area contributed by atoms with Crippen LogP contribution in [-0.2, 0) is 7.05 Å². The first-order chi connectivity index (χ1) is 9.43. The molecule has 1 heterocycles. The zero-order chi connectivity index (χ0) is 14.9. The summed E-state index contributed by atoms with van der Waals surface area (Å²) in [7, 11) is 1.79. The summed E-state index contributed by atoms with van der Waals surface area (Å²) < 4.78 is 7.61. The van der Waals surface area contributed by atoms with E-state index >= 15 is 0 Å². The Morgan fingerprint density at radius 3 is 2.60 bits per heavy atom. The predicted octanol–water partition coefficient (Wildman–Crippen LogP) is 3.82. The zero-order valence-corrected chi connectivity index (χ0v) is 12.6. The maximum absolute atomic E-state index is 9.24. The van der Waals surface area contributed by atoms with Gasteiger partial charge in [0.2, 0.25) is 5.88 Å². The van der Waals surface area contributed by atoms with Crippen LogP contribution in [0.4, 0.5) is 0 Å². The summed E-state index contributed by atoms with van der Waals surface area (Å²) >= 11 is 0. The molecule has 0 atom stereocenters. The molecule has 0 aliphatic rings. The molecule has 0 saturated carbocycles. The highest BCUT2D eigenvalue weighted by Gasteiger charge is 2.17. The summed E-state index contributed by atoms with van der Waals surface area (Å²) in [5.41, 5.74) is 3.42. The van der Waals surface area contributed by atoms with Crippen molar-refractivity contribution in [1.29, 1.82) is 5.26 Å². The van der Waals surface area contributed by atoms with Crippen molar-refractivity contribution in [1.82, 2.24) is 9.78 Å². The quantitative estimate of drug-likeness (QED) is 0.851. The van der Waals surface area contributed by atoms with Crippen molar-refractivity contribution in [3.05, 3.63) is 40.6 Å². The molecule has 0 bridgehead atoms. The lowest BCUT2D eigenvalue weighted by Crippen LogP contribution is -2.00. The van der Waals surface area contributed by atoms with Crippen LogP contribution in [0.3, 0.4) is 0 Å². The van der Waals surface area contributed by atoms with E-state index in [4.69, 9.17) is 4.74 Å². The van der Waals surface area contributed by atoms with Crippen LogP contribution in [0.25, 0.3) is 0 Å². The van der Waals surface area contributed by atoms with Gasteiger partial charge in [-0.25, -0.2) is 4.68 Å². The van der Waals surface area contributed by atoms with Crippen molar-refractivity contribution in [3.63, 3.8) is 0 Å². The third-order valence-electron chi connectivity index (χ3n) is 3.28. The van der Waals surface area contributed by atoms with Crippen molar-refractivity contribution in [2.45, 2.75) is 33.6 Å². The molecule has 1 aromatic carbocycles. The van der Waals surface area contributed by atoms with Crippen molar-refractivity contribution < 1.29 is 4.74 Å². The lowest BCUT2D eigenvalue weighted by molar-refractivity contribution is 0.422. The van der Waals surface area contributed by atoms with Crippen LogP contribution in [0.5, 0.6) is 11.6 Å². The van der Waals surface area contributed by atoms with E-state index < -0.39 is 0 Å². The number of nitriles is 1. The molecule has 20 heavy (non-hydrogen) atoms. The van der Waals surface area contributed by atoms with Crippen LogP contribution < -0.4 is 4.74 Å². The number of hydrogen-bond donors (Lipinski definition) is 0. The van der Waals surface area contributed by atoms with Crippen molar-refractivity contribution in [2.75, 3.05) is 0 Å². The first kappa shape index (κ1) is 14.1. The largest absolute Gasteiger partial charge is 0.438 e. The number of aryl methyl sites for hydroxylation is 3. The van der Waals surface area contributed by atoms with E-state index in [0.717, 1.165) is 16.9 Å². The van der Waals surface area contributed by atoms with Gasteiger partial charge in [0.1, 0.15) is 17.4 Å². The fourth-order valence-electron chi connectivity index (χ4n) is 2.19. The van der Waals surface area contributed by atoms with Crippen LogP contribution in [0, 0.1) is 25.2 Å². The summed E-state index contributed by atoms with van der Waals surface area (Å²) in [6, 6.07) is 8.30. The molecule has 0 unspecified atom stereocenters. The molecule has 2 rings (SSSR count). The minimum absolute atomic E-state index is 0.352. The van der Waals surface area contributed by atoms with Crippen molar-refractivity contribution in [2.24, 2.45) is 7.05 Å². The minimum Gasteiger partial charge on any atom is -0.438 e. The summed E-state index contributed by atoms with van der Waals surface area (Å²) in [6.45, 7) is 8.08. The van der Waals surface area contributed by atoms with Gasteiger partial charge in [-0.2, -0.15) is 10.4 Å². The second kappa shape index (κ2) is 5.38. The summed E-state index contributed by atoms with van der Waals surface area (Å²) in [6.07, 6.45) is 0. The fraction of sp³-hybridized carbons (Fsp3) is 0.375. The molecular formula is C16H19N3O. The number of hydrogen-bond acceptors (Lipinski definition) is 3. The SMILES string of the molecule is Cc1ccc(C(C)C)c(Oc2c(C#N)c(C)nn2C)c1. The Kier molecular flexibility index (Phi) is 3.80. The highest BCUT2D eigenvalue weighted by atomic mass is 16.5. The monoisotopic (exact) mass is 269 g/mol. The summed E-state index contributed by atoms with van der Waals surface area (Å²) in [5, 5.41) is 13.5. The van der Waals surface area contributed by atoms with E-state index in [1.807, 2.05) is 19.9 Å². The van der Waals surface area contributed by atoms with E-state index in [1.54, 1.807) is 11.7 Å². The number of rotatable bonds is 3. The van der Waals surface area contributed by atoms with Gasteiger partial charge in [0.15, 0.2) is 0 Å². The van der Waals surface area contributed by atoms with Gasteiger partial charge in [-0.3, -0.25) is 0 Å². The lowest BCUT2D eigenvalue weighted by atomic mass is 10.0. The summed E-state index contributed by atoms with van der Waals surface area (Å²) in [5.74, 6) is 1.64. The lowest BCUT2D eigenvalue weighted by Gasteiger charge is -2.14. The van der Waals surface area contributed by atoms with E-state index in [-0.39, 0.29) is 0 Å². The molecule has 0 saturated heterocycles. The Morgan fingerprint density at radius 2 is 2.00 bits per heavy atom. The predicted molar refractivity (Wildman–Crippen MR) is 78.0 cm³/mol. The first-order valence-electron chi connectivity index (χ1n) is 6.66. The second-order valence-electron chi connectivity index (χ2n) is 5.30. The Bertz CT molecular complexity index is 678. The standard InChI is InChI=1S/C16H19N3O/c1-10(2)13-7-6-11(3)8-15(13)20-16-14(9-17)12(4)18-19(16)5/h6-8,10H,1-5H3. The van der Waals surface area contributed by atoms with Gasteiger partial charge in [0.05, 0.1) is 5.69 Å². The molecule has 0 radical (unpaired) electrons.